The summed E-state index contributed by atoms with van der Waals surface area (Å²) in [6, 6.07) is 1.13. The molecule has 3 atom stereocenters. The van der Waals surface area contributed by atoms with E-state index in [0.717, 1.165) is 12.1 Å². The SMILES string of the molecule is Cc1nc(N[C@H]2CO[C@@H](COc3cc(F)c(F)c(F)c3)C2)nc2c1NC(=O)[C@H](C)N2C. The molecule has 166 valence electrons. The average molecular weight is 437 g/mol. The van der Waals surface area contributed by atoms with Gasteiger partial charge in [-0.1, -0.05) is 0 Å². The quantitative estimate of drug-likeness (QED) is 0.696. The number of hydrogen-bond acceptors (Lipinski definition) is 7. The lowest BCUT2D eigenvalue weighted by atomic mass is 10.1. The number of amides is 1. The number of aromatic nitrogens is 2. The zero-order valence-corrected chi connectivity index (χ0v) is 17.2. The van der Waals surface area contributed by atoms with Gasteiger partial charge in [-0.2, -0.15) is 4.98 Å². The zero-order chi connectivity index (χ0) is 22.3. The van der Waals surface area contributed by atoms with Crippen LogP contribution in [0.3, 0.4) is 0 Å². The van der Waals surface area contributed by atoms with E-state index < -0.39 is 17.5 Å². The molecule has 11 heteroatoms. The van der Waals surface area contributed by atoms with Crippen LogP contribution in [0.4, 0.5) is 30.6 Å². The van der Waals surface area contributed by atoms with Crippen LogP contribution in [0.2, 0.25) is 0 Å². The molecule has 1 saturated heterocycles. The number of rotatable bonds is 5. The van der Waals surface area contributed by atoms with Gasteiger partial charge in [-0.05, 0) is 20.3 Å². The van der Waals surface area contributed by atoms with Crippen molar-refractivity contribution in [3.05, 3.63) is 35.3 Å². The van der Waals surface area contributed by atoms with E-state index in [1.165, 1.54) is 0 Å². The van der Waals surface area contributed by atoms with Crippen LogP contribution in [0.15, 0.2) is 12.1 Å². The fraction of sp³-hybridized carbons (Fsp3) is 0.450. The van der Waals surface area contributed by atoms with Gasteiger partial charge >= 0.3 is 0 Å². The first-order valence-electron chi connectivity index (χ1n) is 9.80. The maximum Gasteiger partial charge on any atom is 0.246 e. The Morgan fingerprint density at radius 3 is 2.71 bits per heavy atom. The highest BCUT2D eigenvalue weighted by Gasteiger charge is 2.31. The minimum absolute atomic E-state index is 0.0546. The van der Waals surface area contributed by atoms with E-state index in [0.29, 0.717) is 36.2 Å². The van der Waals surface area contributed by atoms with E-state index >= 15 is 0 Å². The Hall–Kier alpha value is -3.08. The Kier molecular flexibility index (Phi) is 5.61. The number of carbonyl (C=O) groups is 1. The van der Waals surface area contributed by atoms with Crippen LogP contribution in [0, 0.1) is 24.4 Å². The molecule has 2 aliphatic heterocycles. The second-order valence-electron chi connectivity index (χ2n) is 7.65. The fourth-order valence-electron chi connectivity index (χ4n) is 3.52. The van der Waals surface area contributed by atoms with Gasteiger partial charge < -0.3 is 25.0 Å². The van der Waals surface area contributed by atoms with Gasteiger partial charge in [0.05, 0.1) is 24.4 Å². The maximum atomic E-state index is 13.3. The van der Waals surface area contributed by atoms with Crippen molar-refractivity contribution in [2.45, 2.75) is 38.5 Å². The molecule has 0 aliphatic carbocycles. The summed E-state index contributed by atoms with van der Waals surface area (Å²) in [7, 11) is 1.80. The Morgan fingerprint density at radius 2 is 2.00 bits per heavy atom. The summed E-state index contributed by atoms with van der Waals surface area (Å²) in [5.41, 5.74) is 1.22. The normalized spacial score (nSPS) is 22.8. The third kappa shape index (κ3) is 4.22. The Balaban J connectivity index is 1.37. The van der Waals surface area contributed by atoms with Crippen LogP contribution in [0.5, 0.6) is 5.75 Å². The number of anilines is 3. The molecule has 0 unspecified atom stereocenters. The highest BCUT2D eigenvalue weighted by Crippen LogP contribution is 2.32. The predicted octanol–water partition coefficient (Wildman–Crippen LogP) is 2.63. The number of nitrogens with zero attached hydrogens (tertiary/aromatic N) is 3. The lowest BCUT2D eigenvalue weighted by Gasteiger charge is -2.32. The minimum Gasteiger partial charge on any atom is -0.491 e. The summed E-state index contributed by atoms with van der Waals surface area (Å²) in [6.45, 7) is 4.00. The molecule has 0 bridgehead atoms. The molecule has 1 aromatic heterocycles. The summed E-state index contributed by atoms with van der Waals surface area (Å²) >= 11 is 0. The number of carbonyl (C=O) groups excluding carboxylic acids is 1. The van der Waals surface area contributed by atoms with Crippen molar-refractivity contribution in [1.29, 1.82) is 0 Å². The largest absolute Gasteiger partial charge is 0.491 e. The summed E-state index contributed by atoms with van der Waals surface area (Å²) in [5, 5.41) is 6.05. The molecule has 4 rings (SSSR count). The first-order chi connectivity index (χ1) is 14.7. The van der Waals surface area contributed by atoms with Gasteiger partial charge in [0.1, 0.15) is 24.1 Å². The standard InChI is InChI=1S/C20H22F3N5O3/c1-9-17-18(28(3)10(2)19(29)26-17)27-20(24-9)25-11-4-13(30-7-11)8-31-12-5-14(21)16(23)15(22)6-12/h5-6,10-11,13H,4,7-8H2,1-3H3,(H,26,29)(H,24,25,27)/t10-,11+,13+/m0/s1. The Bertz CT molecular complexity index is 999. The van der Waals surface area contributed by atoms with E-state index in [4.69, 9.17) is 9.47 Å². The number of halogens is 3. The van der Waals surface area contributed by atoms with Gasteiger partial charge in [0.25, 0.3) is 0 Å². The van der Waals surface area contributed by atoms with Gasteiger partial charge in [0.15, 0.2) is 23.3 Å². The lowest BCUT2D eigenvalue weighted by molar-refractivity contribution is -0.117. The number of benzene rings is 1. The first-order valence-corrected chi connectivity index (χ1v) is 9.80. The average Bonchev–Trinajstić information content (AvgIpc) is 3.17. The van der Waals surface area contributed by atoms with Gasteiger partial charge in [-0.15, -0.1) is 0 Å². The topological polar surface area (TPSA) is 88.6 Å². The Morgan fingerprint density at radius 1 is 1.29 bits per heavy atom. The van der Waals surface area contributed by atoms with Gasteiger partial charge in [0.2, 0.25) is 11.9 Å². The lowest BCUT2D eigenvalue weighted by Crippen LogP contribution is -2.45. The number of fused-ring (bicyclic) bond motifs is 1. The second kappa shape index (κ2) is 8.22. The highest BCUT2D eigenvalue weighted by atomic mass is 19.2. The van der Waals surface area contributed by atoms with Gasteiger partial charge in [-0.3, -0.25) is 4.79 Å². The molecule has 1 amide bonds. The minimum atomic E-state index is -1.53. The number of nitrogens with one attached hydrogen (secondary N) is 2. The van der Waals surface area contributed by atoms with Crippen LogP contribution in [0.25, 0.3) is 0 Å². The molecule has 0 saturated carbocycles. The summed E-state index contributed by atoms with van der Waals surface area (Å²) < 4.78 is 50.6. The van der Waals surface area contributed by atoms with Gasteiger partial charge in [0, 0.05) is 19.2 Å². The molecule has 1 aromatic carbocycles. The molecule has 31 heavy (non-hydrogen) atoms. The second-order valence-corrected chi connectivity index (χ2v) is 7.65. The third-order valence-electron chi connectivity index (χ3n) is 5.42. The summed E-state index contributed by atoms with van der Waals surface area (Å²) in [4.78, 5) is 22.8. The van der Waals surface area contributed by atoms with Crippen molar-refractivity contribution in [3.8, 4) is 5.75 Å². The fourth-order valence-corrected chi connectivity index (χ4v) is 3.52. The molecular formula is C20H22F3N5O3. The number of ether oxygens (including phenoxy) is 2. The van der Waals surface area contributed by atoms with Crippen molar-refractivity contribution in [1.82, 2.24) is 9.97 Å². The monoisotopic (exact) mass is 437 g/mol. The first kappa shape index (κ1) is 21.2. The van der Waals surface area contributed by atoms with E-state index in [1.54, 1.807) is 25.8 Å². The van der Waals surface area contributed by atoms with Gasteiger partial charge in [-0.25, -0.2) is 18.2 Å². The number of hydrogen-bond donors (Lipinski definition) is 2. The van der Waals surface area contributed by atoms with Crippen molar-refractivity contribution in [2.24, 2.45) is 0 Å². The van der Waals surface area contributed by atoms with Crippen LogP contribution in [-0.2, 0) is 9.53 Å². The molecule has 2 aromatic rings. The predicted molar refractivity (Wildman–Crippen MR) is 107 cm³/mol. The van der Waals surface area contributed by atoms with Crippen LogP contribution >= 0.6 is 0 Å². The summed E-state index contributed by atoms with van der Waals surface area (Å²) in [5.74, 6) is -3.34. The Labute approximate surface area is 176 Å². The molecule has 3 heterocycles. The molecule has 2 N–H and O–H groups in total. The van der Waals surface area contributed by atoms with E-state index in [9.17, 15) is 18.0 Å². The maximum absolute atomic E-state index is 13.3. The number of likely N-dealkylation sites (N-methyl/N-ethyl adjacent to an activating group) is 1. The number of aryl methyl sites for hydroxylation is 1. The molecule has 2 aliphatic rings. The molecule has 0 radical (unpaired) electrons. The van der Waals surface area contributed by atoms with Crippen molar-refractivity contribution in [2.75, 3.05) is 35.8 Å². The van der Waals surface area contributed by atoms with E-state index in [2.05, 4.69) is 20.6 Å². The zero-order valence-electron chi connectivity index (χ0n) is 17.2. The van der Waals surface area contributed by atoms with Crippen molar-refractivity contribution in [3.63, 3.8) is 0 Å². The van der Waals surface area contributed by atoms with Crippen LogP contribution < -0.4 is 20.3 Å². The molecular weight excluding hydrogens is 415 g/mol. The van der Waals surface area contributed by atoms with Crippen LogP contribution in [-0.4, -0.2) is 54.3 Å². The molecule has 0 spiro atoms. The smallest absolute Gasteiger partial charge is 0.246 e. The third-order valence-corrected chi connectivity index (χ3v) is 5.42. The van der Waals surface area contributed by atoms with Crippen molar-refractivity contribution < 1.29 is 27.4 Å². The summed E-state index contributed by atoms with van der Waals surface area (Å²) in [6.07, 6.45) is 0.226. The molecule has 8 nitrogen and oxygen atoms in total. The van der Waals surface area contributed by atoms with Crippen LogP contribution in [0.1, 0.15) is 19.0 Å². The van der Waals surface area contributed by atoms with Crippen molar-refractivity contribution >= 4 is 23.4 Å². The highest BCUT2D eigenvalue weighted by molar-refractivity contribution is 6.03. The molecule has 1 fully saturated rings. The van der Waals surface area contributed by atoms with E-state index in [-0.39, 0.29) is 36.5 Å². The van der Waals surface area contributed by atoms with E-state index in [1.807, 2.05) is 0 Å².